The highest BCUT2D eigenvalue weighted by atomic mass is 32.1. The zero-order valence-corrected chi connectivity index (χ0v) is 7.82. The Morgan fingerprint density at radius 2 is 2.43 bits per heavy atom. The zero-order chi connectivity index (χ0) is 10.6. The molecule has 1 radical (unpaired) electrons. The summed E-state index contributed by atoms with van der Waals surface area (Å²) in [5.74, 6) is -1.59. The van der Waals surface area contributed by atoms with Crippen molar-refractivity contribution >= 4 is 28.3 Å². The lowest BCUT2D eigenvalue weighted by Gasteiger charge is -2.04. The molecule has 1 aromatic heterocycles. The molecular weight excluding hydrogens is 206 g/mol. The fourth-order valence-corrected chi connectivity index (χ4v) is 1.19. The van der Waals surface area contributed by atoms with Crippen molar-refractivity contribution in [2.45, 2.75) is 6.10 Å². The first kappa shape index (κ1) is 10.6. The number of nitrogens with zero attached hydrogens (tertiary/aromatic N) is 1. The van der Waals surface area contributed by atoms with Crippen LogP contribution < -0.4 is 11.1 Å². The Balaban J connectivity index is 2.40. The first-order chi connectivity index (χ1) is 6.59. The van der Waals surface area contributed by atoms with Crippen LogP contribution in [-0.2, 0) is 9.59 Å². The van der Waals surface area contributed by atoms with Crippen LogP contribution >= 0.6 is 11.3 Å². The number of hydrogen-bond donors (Lipinski definition) is 3. The fraction of sp³-hybridized carbons (Fsp3) is 0.143. The number of amides is 2. The Hall–Kier alpha value is -1.47. The molecule has 0 unspecified atom stereocenters. The van der Waals surface area contributed by atoms with E-state index in [-0.39, 0.29) is 0 Å². The predicted molar refractivity (Wildman–Crippen MR) is 50.2 cm³/mol. The van der Waals surface area contributed by atoms with E-state index in [0.717, 1.165) is 6.42 Å². The van der Waals surface area contributed by atoms with Gasteiger partial charge in [0, 0.05) is 11.6 Å². The minimum atomic E-state index is -1.57. The minimum Gasteiger partial charge on any atom is -0.382 e. The lowest BCUT2D eigenvalue weighted by atomic mass is 10.2. The van der Waals surface area contributed by atoms with Crippen molar-refractivity contribution in [3.63, 3.8) is 0 Å². The summed E-state index contributed by atoms with van der Waals surface area (Å²) < 4.78 is 0. The van der Waals surface area contributed by atoms with Crippen molar-refractivity contribution < 1.29 is 14.7 Å². The Morgan fingerprint density at radius 3 is 2.93 bits per heavy atom. The summed E-state index contributed by atoms with van der Waals surface area (Å²) in [4.78, 5) is 25.2. The monoisotopic (exact) mass is 214 g/mol. The summed E-state index contributed by atoms with van der Waals surface area (Å²) in [6, 6.07) is 0. The molecule has 0 fully saturated rings. The first-order valence-electron chi connectivity index (χ1n) is 3.62. The van der Waals surface area contributed by atoms with Crippen molar-refractivity contribution in [2.75, 3.05) is 5.32 Å². The number of nitrogens with one attached hydrogen (secondary N) is 1. The van der Waals surface area contributed by atoms with Crippen molar-refractivity contribution in [1.82, 2.24) is 4.98 Å². The molecule has 0 aliphatic rings. The standard InChI is InChI=1S/C7H8N3O3S/c8-6(13)4(11)3-5(12)10-7-9-1-2-14-7/h1-4,11H,(H2,8,13)(H,9,10,12)/t4-/m1/s1. The lowest BCUT2D eigenvalue weighted by Crippen LogP contribution is -2.32. The summed E-state index contributed by atoms with van der Waals surface area (Å²) in [6.45, 7) is 0. The van der Waals surface area contributed by atoms with E-state index in [1.807, 2.05) is 0 Å². The summed E-state index contributed by atoms with van der Waals surface area (Å²) in [5.41, 5.74) is 4.74. The Morgan fingerprint density at radius 1 is 1.71 bits per heavy atom. The quantitative estimate of drug-likeness (QED) is 0.606. The third-order valence-electron chi connectivity index (χ3n) is 1.26. The van der Waals surface area contributed by atoms with Gasteiger partial charge in [-0.15, -0.1) is 11.3 Å². The second-order valence-corrected chi connectivity index (χ2v) is 3.23. The molecule has 0 saturated carbocycles. The third kappa shape index (κ3) is 3.11. The van der Waals surface area contributed by atoms with Gasteiger partial charge in [-0.25, -0.2) is 4.98 Å². The van der Waals surface area contributed by atoms with Gasteiger partial charge >= 0.3 is 0 Å². The van der Waals surface area contributed by atoms with Gasteiger partial charge in [0.05, 0.1) is 6.42 Å². The lowest BCUT2D eigenvalue weighted by molar-refractivity contribution is -0.126. The van der Waals surface area contributed by atoms with Crippen LogP contribution in [0, 0.1) is 6.42 Å². The molecule has 75 valence electrons. The number of carbonyl (C=O) groups is 2. The maximum Gasteiger partial charge on any atom is 0.247 e. The zero-order valence-electron chi connectivity index (χ0n) is 7.01. The molecule has 0 aliphatic carbocycles. The van der Waals surface area contributed by atoms with E-state index in [1.54, 1.807) is 5.38 Å². The molecule has 1 aromatic rings. The molecule has 0 aliphatic heterocycles. The number of nitrogens with two attached hydrogens (primary N) is 1. The van der Waals surface area contributed by atoms with Gasteiger partial charge in [0.15, 0.2) is 5.13 Å². The van der Waals surface area contributed by atoms with Gasteiger partial charge in [0.25, 0.3) is 0 Å². The van der Waals surface area contributed by atoms with Crippen LogP contribution in [0.3, 0.4) is 0 Å². The van der Waals surface area contributed by atoms with Gasteiger partial charge in [0.1, 0.15) is 6.10 Å². The molecule has 14 heavy (non-hydrogen) atoms. The molecular formula is C7H8N3O3S. The molecule has 0 saturated heterocycles. The SMILES string of the molecule is NC(=O)[C@H](O)[CH]C(=O)Nc1nccs1. The van der Waals surface area contributed by atoms with Gasteiger partial charge in [0.2, 0.25) is 11.8 Å². The van der Waals surface area contributed by atoms with Crippen molar-refractivity contribution in [2.24, 2.45) is 5.73 Å². The van der Waals surface area contributed by atoms with Gasteiger partial charge in [-0.05, 0) is 0 Å². The van der Waals surface area contributed by atoms with Crippen molar-refractivity contribution in [3.8, 4) is 0 Å². The van der Waals surface area contributed by atoms with Gasteiger partial charge < -0.3 is 16.2 Å². The van der Waals surface area contributed by atoms with Crippen LogP contribution in [0.4, 0.5) is 5.13 Å². The van der Waals surface area contributed by atoms with E-state index in [2.05, 4.69) is 10.3 Å². The molecule has 0 aromatic carbocycles. The minimum absolute atomic E-state index is 0.392. The number of carbonyl (C=O) groups excluding carboxylic acids is 2. The highest BCUT2D eigenvalue weighted by Gasteiger charge is 2.16. The number of rotatable bonds is 4. The van der Waals surface area contributed by atoms with Crippen LogP contribution in [0.2, 0.25) is 0 Å². The molecule has 4 N–H and O–H groups in total. The smallest absolute Gasteiger partial charge is 0.247 e. The first-order valence-corrected chi connectivity index (χ1v) is 4.50. The fourth-order valence-electron chi connectivity index (χ4n) is 0.658. The van der Waals surface area contributed by atoms with E-state index < -0.39 is 17.9 Å². The van der Waals surface area contributed by atoms with E-state index in [9.17, 15) is 9.59 Å². The average molecular weight is 214 g/mol. The Bertz CT molecular complexity index is 325. The number of thiazole rings is 1. The van der Waals surface area contributed by atoms with Crippen molar-refractivity contribution in [3.05, 3.63) is 18.0 Å². The molecule has 2 amide bonds. The van der Waals surface area contributed by atoms with E-state index >= 15 is 0 Å². The number of aliphatic hydroxyl groups is 1. The van der Waals surface area contributed by atoms with Gasteiger partial charge in [-0.3, -0.25) is 9.59 Å². The normalized spacial score (nSPS) is 12.1. The molecule has 1 heterocycles. The van der Waals surface area contributed by atoms with Crippen LogP contribution in [0.15, 0.2) is 11.6 Å². The van der Waals surface area contributed by atoms with Gasteiger partial charge in [-0.1, -0.05) is 0 Å². The summed E-state index contributed by atoms with van der Waals surface area (Å²) >= 11 is 1.23. The summed E-state index contributed by atoms with van der Waals surface area (Å²) in [6.07, 6.45) is 0.726. The number of aliphatic hydroxyl groups excluding tert-OH is 1. The van der Waals surface area contributed by atoms with Crippen molar-refractivity contribution in [1.29, 1.82) is 0 Å². The third-order valence-corrected chi connectivity index (χ3v) is 1.95. The number of aromatic nitrogens is 1. The van der Waals surface area contributed by atoms with Crippen LogP contribution in [0.1, 0.15) is 0 Å². The second kappa shape index (κ2) is 4.68. The summed E-state index contributed by atoms with van der Waals surface area (Å²) in [7, 11) is 0. The predicted octanol–water partition coefficient (Wildman–Crippen LogP) is -0.868. The van der Waals surface area contributed by atoms with Gasteiger partial charge in [-0.2, -0.15) is 0 Å². The Kier molecular flexibility index (Phi) is 3.55. The van der Waals surface area contributed by atoms with E-state index in [1.165, 1.54) is 17.5 Å². The van der Waals surface area contributed by atoms with E-state index in [0.29, 0.717) is 5.13 Å². The summed E-state index contributed by atoms with van der Waals surface area (Å²) in [5, 5.41) is 13.3. The van der Waals surface area contributed by atoms with Crippen LogP contribution in [0.25, 0.3) is 0 Å². The van der Waals surface area contributed by atoms with Crippen LogP contribution in [-0.4, -0.2) is 28.0 Å². The van der Waals surface area contributed by atoms with Crippen LogP contribution in [0.5, 0.6) is 0 Å². The maximum atomic E-state index is 11.1. The number of anilines is 1. The average Bonchev–Trinajstić information content (AvgIpc) is 2.56. The maximum absolute atomic E-state index is 11.1. The number of hydrogen-bond acceptors (Lipinski definition) is 5. The second-order valence-electron chi connectivity index (χ2n) is 2.34. The molecule has 0 bridgehead atoms. The van der Waals surface area contributed by atoms with E-state index in [4.69, 9.17) is 10.8 Å². The molecule has 1 atom stereocenters. The topological polar surface area (TPSA) is 105 Å². The molecule has 1 rings (SSSR count). The molecule has 6 nitrogen and oxygen atoms in total. The molecule has 0 spiro atoms. The largest absolute Gasteiger partial charge is 0.382 e. The highest BCUT2D eigenvalue weighted by molar-refractivity contribution is 7.13. The Labute approximate surface area is 83.8 Å². The number of primary amides is 1. The highest BCUT2D eigenvalue weighted by Crippen LogP contribution is 2.10. The molecule has 7 heteroatoms.